The molecule has 0 N–H and O–H groups in total. The van der Waals surface area contributed by atoms with Gasteiger partial charge < -0.3 is 0 Å². The molecule has 0 unspecified atom stereocenters. The molecule has 0 spiro atoms. The molecule has 0 aromatic carbocycles. The minimum Gasteiger partial charge on any atom is -0.298 e. The normalized spacial score (nSPS) is 12.3. The molecule has 72 valence electrons. The van der Waals surface area contributed by atoms with E-state index in [9.17, 15) is 4.79 Å². The van der Waals surface area contributed by atoms with Crippen LogP contribution in [0.4, 0.5) is 0 Å². The fourth-order valence-corrected chi connectivity index (χ4v) is 2.15. The van der Waals surface area contributed by atoms with Gasteiger partial charge in [0.25, 0.3) is 0 Å². The maximum atomic E-state index is 10.5. The Morgan fingerprint density at radius 2 is 2.50 bits per heavy atom. The number of imidazole rings is 1. The van der Waals surface area contributed by atoms with Crippen molar-refractivity contribution < 1.29 is 4.79 Å². The largest absolute Gasteiger partial charge is 0.298 e. The summed E-state index contributed by atoms with van der Waals surface area (Å²) in [5.41, 5.74) is 1.38. The molecule has 0 aliphatic heterocycles. The van der Waals surface area contributed by atoms with Gasteiger partial charge >= 0.3 is 0 Å². The molecule has 0 amide bonds. The lowest BCUT2D eigenvalue weighted by molar-refractivity contribution is -0.104. The fraction of sp³-hybridized carbons (Fsp3) is 0.111. The standard InChI is InChI=1S/C9H7ClN2OS/c1-6(5-13)4-7-8(10)11-9-12(7)2-3-14-9/h2-5H,1H3. The Kier molecular flexibility index (Phi) is 2.39. The van der Waals surface area contributed by atoms with Crippen molar-refractivity contribution in [2.75, 3.05) is 0 Å². The summed E-state index contributed by atoms with van der Waals surface area (Å²) in [4.78, 5) is 15.5. The molecule has 0 fully saturated rings. The molecule has 3 nitrogen and oxygen atoms in total. The van der Waals surface area contributed by atoms with Crippen LogP contribution in [0.25, 0.3) is 11.0 Å². The van der Waals surface area contributed by atoms with Crippen molar-refractivity contribution in [1.29, 1.82) is 0 Å². The molecule has 0 aliphatic rings. The third kappa shape index (κ3) is 1.47. The monoisotopic (exact) mass is 226 g/mol. The maximum Gasteiger partial charge on any atom is 0.195 e. The Morgan fingerprint density at radius 3 is 3.21 bits per heavy atom. The van der Waals surface area contributed by atoms with Crippen LogP contribution in [0.3, 0.4) is 0 Å². The van der Waals surface area contributed by atoms with Crippen LogP contribution in [-0.2, 0) is 4.79 Å². The molecule has 5 heteroatoms. The highest BCUT2D eigenvalue weighted by Gasteiger charge is 2.08. The summed E-state index contributed by atoms with van der Waals surface area (Å²) in [6.07, 6.45) is 4.40. The van der Waals surface area contributed by atoms with E-state index in [4.69, 9.17) is 11.6 Å². The number of thiazole rings is 1. The second-order valence-corrected chi connectivity index (χ2v) is 4.08. The van der Waals surface area contributed by atoms with E-state index in [0.29, 0.717) is 10.7 Å². The topological polar surface area (TPSA) is 34.4 Å². The van der Waals surface area contributed by atoms with Crippen molar-refractivity contribution in [1.82, 2.24) is 9.38 Å². The Hall–Kier alpha value is -1.13. The number of rotatable bonds is 2. The Morgan fingerprint density at radius 1 is 1.71 bits per heavy atom. The predicted octanol–water partition coefficient (Wildman–Crippen LogP) is 2.65. The number of fused-ring (bicyclic) bond motifs is 1. The summed E-state index contributed by atoms with van der Waals surface area (Å²) in [6, 6.07) is 0. The van der Waals surface area contributed by atoms with Gasteiger partial charge in [0.05, 0.1) is 5.69 Å². The van der Waals surface area contributed by atoms with Gasteiger partial charge in [0.15, 0.2) is 10.1 Å². The lowest BCUT2D eigenvalue weighted by Gasteiger charge is -1.91. The average molecular weight is 227 g/mol. The SMILES string of the molecule is CC(C=O)=Cc1c(Cl)nc2sccn12. The molecule has 0 radical (unpaired) electrons. The Bertz CT molecular complexity index is 512. The van der Waals surface area contributed by atoms with Gasteiger partial charge in [-0.3, -0.25) is 9.20 Å². The van der Waals surface area contributed by atoms with Crippen LogP contribution >= 0.6 is 22.9 Å². The van der Waals surface area contributed by atoms with Gasteiger partial charge in [-0.05, 0) is 18.6 Å². The number of hydrogen-bond acceptors (Lipinski definition) is 3. The van der Waals surface area contributed by atoms with E-state index in [1.807, 2.05) is 16.0 Å². The zero-order valence-electron chi connectivity index (χ0n) is 7.40. The van der Waals surface area contributed by atoms with E-state index in [2.05, 4.69) is 4.98 Å². The summed E-state index contributed by atoms with van der Waals surface area (Å²) >= 11 is 7.43. The molecule has 2 aromatic heterocycles. The van der Waals surface area contributed by atoms with Crippen molar-refractivity contribution in [3.05, 3.63) is 28.0 Å². The molecular formula is C9H7ClN2OS. The number of allylic oxidation sites excluding steroid dienone is 1. The van der Waals surface area contributed by atoms with Gasteiger partial charge in [-0.1, -0.05) is 11.6 Å². The Balaban J connectivity index is 2.65. The number of carbonyl (C=O) groups is 1. The highest BCUT2D eigenvalue weighted by Crippen LogP contribution is 2.22. The number of carbonyl (C=O) groups excluding carboxylic acids is 1. The fourth-order valence-electron chi connectivity index (χ4n) is 1.16. The molecule has 14 heavy (non-hydrogen) atoms. The van der Waals surface area contributed by atoms with Crippen molar-refractivity contribution in [2.45, 2.75) is 6.92 Å². The molecule has 0 aliphatic carbocycles. The van der Waals surface area contributed by atoms with Crippen molar-refractivity contribution in [2.24, 2.45) is 0 Å². The van der Waals surface area contributed by atoms with E-state index in [-0.39, 0.29) is 0 Å². The van der Waals surface area contributed by atoms with E-state index >= 15 is 0 Å². The molecular weight excluding hydrogens is 220 g/mol. The van der Waals surface area contributed by atoms with Gasteiger partial charge in [0, 0.05) is 11.6 Å². The van der Waals surface area contributed by atoms with Crippen LogP contribution in [0.1, 0.15) is 12.6 Å². The van der Waals surface area contributed by atoms with E-state index in [1.165, 1.54) is 11.3 Å². The van der Waals surface area contributed by atoms with E-state index in [1.54, 1.807) is 13.0 Å². The number of aromatic nitrogens is 2. The van der Waals surface area contributed by atoms with Crippen LogP contribution in [-0.4, -0.2) is 15.7 Å². The van der Waals surface area contributed by atoms with Gasteiger partial charge in [-0.25, -0.2) is 4.98 Å². The second kappa shape index (κ2) is 3.55. The molecule has 2 heterocycles. The lowest BCUT2D eigenvalue weighted by Crippen LogP contribution is -1.84. The molecule has 2 aromatic rings. The summed E-state index contributed by atoms with van der Waals surface area (Å²) in [5.74, 6) is 0. The first-order chi connectivity index (χ1) is 6.72. The maximum absolute atomic E-state index is 10.5. The first kappa shape index (κ1) is 9.43. The number of aldehydes is 1. The van der Waals surface area contributed by atoms with Crippen LogP contribution in [0.5, 0.6) is 0 Å². The van der Waals surface area contributed by atoms with Gasteiger partial charge in [-0.15, -0.1) is 11.3 Å². The lowest BCUT2D eigenvalue weighted by atomic mass is 10.3. The number of halogens is 1. The Labute approximate surface area is 89.6 Å². The number of nitrogens with zero attached hydrogens (tertiary/aromatic N) is 2. The summed E-state index contributed by atoms with van der Waals surface area (Å²) in [5, 5.41) is 2.35. The van der Waals surface area contributed by atoms with Crippen LogP contribution in [0, 0.1) is 0 Å². The molecule has 0 saturated carbocycles. The van der Waals surface area contributed by atoms with Gasteiger partial charge in [0.2, 0.25) is 0 Å². The number of hydrogen-bond donors (Lipinski definition) is 0. The summed E-state index contributed by atoms with van der Waals surface area (Å²) in [7, 11) is 0. The molecule has 0 bridgehead atoms. The van der Waals surface area contributed by atoms with Crippen LogP contribution in [0.2, 0.25) is 5.15 Å². The van der Waals surface area contributed by atoms with Crippen molar-refractivity contribution in [3.8, 4) is 0 Å². The first-order valence-electron chi connectivity index (χ1n) is 3.97. The molecule has 2 rings (SSSR count). The summed E-state index contributed by atoms with van der Waals surface area (Å²) < 4.78 is 1.86. The highest BCUT2D eigenvalue weighted by atomic mass is 35.5. The first-order valence-corrected chi connectivity index (χ1v) is 5.22. The van der Waals surface area contributed by atoms with Gasteiger partial charge in [-0.2, -0.15) is 0 Å². The van der Waals surface area contributed by atoms with Gasteiger partial charge in [0.1, 0.15) is 6.29 Å². The third-order valence-electron chi connectivity index (χ3n) is 1.80. The smallest absolute Gasteiger partial charge is 0.195 e. The van der Waals surface area contributed by atoms with Crippen LogP contribution in [0.15, 0.2) is 17.2 Å². The summed E-state index contributed by atoms with van der Waals surface area (Å²) in [6.45, 7) is 1.73. The molecule has 0 atom stereocenters. The zero-order chi connectivity index (χ0) is 10.1. The van der Waals surface area contributed by atoms with Crippen molar-refractivity contribution in [3.63, 3.8) is 0 Å². The van der Waals surface area contributed by atoms with Crippen LogP contribution < -0.4 is 0 Å². The minimum atomic E-state index is 0.429. The third-order valence-corrected chi connectivity index (χ3v) is 2.84. The average Bonchev–Trinajstić information content (AvgIpc) is 2.70. The molecule has 0 saturated heterocycles. The quantitative estimate of drug-likeness (QED) is 0.583. The van der Waals surface area contributed by atoms with E-state index in [0.717, 1.165) is 16.9 Å². The second-order valence-electron chi connectivity index (χ2n) is 2.85. The van der Waals surface area contributed by atoms with Crippen molar-refractivity contribution >= 4 is 40.3 Å². The predicted molar refractivity (Wildman–Crippen MR) is 57.8 cm³/mol. The zero-order valence-corrected chi connectivity index (χ0v) is 8.97. The van der Waals surface area contributed by atoms with E-state index < -0.39 is 0 Å². The minimum absolute atomic E-state index is 0.429. The highest BCUT2D eigenvalue weighted by molar-refractivity contribution is 7.15.